The van der Waals surface area contributed by atoms with Gasteiger partial charge in [0.05, 0.1) is 6.04 Å². The zero-order valence-electron chi connectivity index (χ0n) is 13.1. The third-order valence-electron chi connectivity index (χ3n) is 3.28. The van der Waals surface area contributed by atoms with Crippen molar-refractivity contribution in [3.05, 3.63) is 35.4 Å². The molecule has 0 aliphatic carbocycles. The molecule has 0 amide bonds. The van der Waals surface area contributed by atoms with Crippen LogP contribution in [0.3, 0.4) is 0 Å². The third-order valence-corrected chi connectivity index (χ3v) is 3.28. The van der Waals surface area contributed by atoms with Crippen LogP contribution in [-0.4, -0.2) is 28.9 Å². The van der Waals surface area contributed by atoms with Crippen molar-refractivity contribution in [3.8, 4) is 0 Å². The van der Waals surface area contributed by atoms with Gasteiger partial charge in [0.1, 0.15) is 0 Å². The Morgan fingerprint density at radius 3 is 2.29 bits per heavy atom. The number of carboxylic acid groups (broad SMARTS) is 1. The Kier molecular flexibility index (Phi) is 7.09. The molecule has 1 aromatic rings. The Hall–Kier alpha value is -1.68. The Balaban J connectivity index is 2.80. The van der Waals surface area contributed by atoms with Crippen LogP contribution in [-0.2, 0) is 11.2 Å². The van der Waals surface area contributed by atoms with Crippen molar-refractivity contribution in [1.29, 1.82) is 0 Å². The predicted molar refractivity (Wildman–Crippen MR) is 83.7 cm³/mol. The lowest BCUT2D eigenvalue weighted by Gasteiger charge is -2.19. The van der Waals surface area contributed by atoms with Crippen LogP contribution in [0.2, 0.25) is 0 Å². The standard InChI is InChI=1S/C17H25NO3/c1-4-5-13-6-8-14(9-7-13)17(21)15(18-12(2)3)10-11-16(19)20/h6-9,12,15,18H,4-5,10-11H2,1-3H3,(H,19,20). The molecule has 116 valence electrons. The van der Waals surface area contributed by atoms with Gasteiger partial charge in [0.2, 0.25) is 0 Å². The van der Waals surface area contributed by atoms with E-state index < -0.39 is 12.0 Å². The molecule has 0 bridgehead atoms. The Morgan fingerprint density at radius 1 is 1.19 bits per heavy atom. The van der Waals surface area contributed by atoms with Gasteiger partial charge in [0.25, 0.3) is 0 Å². The summed E-state index contributed by atoms with van der Waals surface area (Å²) in [5.41, 5.74) is 1.85. The fourth-order valence-corrected chi connectivity index (χ4v) is 2.29. The van der Waals surface area contributed by atoms with E-state index in [4.69, 9.17) is 5.11 Å². The number of carbonyl (C=O) groups is 2. The molecule has 0 aliphatic rings. The minimum Gasteiger partial charge on any atom is -0.481 e. The second-order valence-electron chi connectivity index (χ2n) is 5.62. The van der Waals surface area contributed by atoms with Crippen LogP contribution >= 0.6 is 0 Å². The van der Waals surface area contributed by atoms with E-state index in [1.165, 1.54) is 5.56 Å². The summed E-state index contributed by atoms with van der Waals surface area (Å²) in [6, 6.07) is 7.30. The van der Waals surface area contributed by atoms with E-state index in [0.29, 0.717) is 12.0 Å². The van der Waals surface area contributed by atoms with Gasteiger partial charge in [-0.1, -0.05) is 51.5 Å². The van der Waals surface area contributed by atoms with Gasteiger partial charge in [-0.3, -0.25) is 9.59 Å². The van der Waals surface area contributed by atoms with Gasteiger partial charge < -0.3 is 10.4 Å². The number of Topliss-reactive ketones (excluding diaryl/α,β-unsaturated/α-hetero) is 1. The maximum absolute atomic E-state index is 12.5. The summed E-state index contributed by atoms with van der Waals surface area (Å²) in [6.45, 7) is 6.02. The number of carboxylic acids is 1. The Morgan fingerprint density at radius 2 is 1.81 bits per heavy atom. The minimum absolute atomic E-state index is 0.00988. The second-order valence-corrected chi connectivity index (χ2v) is 5.62. The van der Waals surface area contributed by atoms with Gasteiger partial charge in [0.15, 0.2) is 5.78 Å². The van der Waals surface area contributed by atoms with Crippen LogP contribution in [0, 0.1) is 0 Å². The molecule has 0 saturated carbocycles. The number of ketones is 1. The number of hydrogen-bond acceptors (Lipinski definition) is 3. The highest BCUT2D eigenvalue weighted by atomic mass is 16.4. The highest BCUT2D eigenvalue weighted by molar-refractivity contribution is 6.00. The van der Waals surface area contributed by atoms with Crippen LogP contribution in [0.4, 0.5) is 0 Å². The second kappa shape index (κ2) is 8.57. The number of rotatable bonds is 9. The SMILES string of the molecule is CCCc1ccc(C(=O)C(CCC(=O)O)NC(C)C)cc1. The van der Waals surface area contributed by atoms with Crippen LogP contribution in [0.5, 0.6) is 0 Å². The van der Waals surface area contributed by atoms with Crippen molar-refractivity contribution in [3.63, 3.8) is 0 Å². The molecule has 1 aromatic carbocycles. The lowest BCUT2D eigenvalue weighted by atomic mass is 9.98. The average Bonchev–Trinajstić information content (AvgIpc) is 2.43. The topological polar surface area (TPSA) is 66.4 Å². The molecule has 2 N–H and O–H groups in total. The smallest absolute Gasteiger partial charge is 0.303 e. The van der Waals surface area contributed by atoms with Crippen molar-refractivity contribution >= 4 is 11.8 Å². The first-order chi connectivity index (χ1) is 9.93. The number of aryl methyl sites for hydroxylation is 1. The summed E-state index contributed by atoms with van der Waals surface area (Å²) in [6.07, 6.45) is 2.37. The average molecular weight is 291 g/mol. The maximum atomic E-state index is 12.5. The van der Waals surface area contributed by atoms with Crippen LogP contribution in [0.1, 0.15) is 56.0 Å². The first-order valence-electron chi connectivity index (χ1n) is 7.55. The largest absolute Gasteiger partial charge is 0.481 e. The summed E-state index contributed by atoms with van der Waals surface area (Å²) in [5.74, 6) is -0.912. The monoisotopic (exact) mass is 291 g/mol. The minimum atomic E-state index is -0.878. The number of carbonyl (C=O) groups excluding carboxylic acids is 1. The van der Waals surface area contributed by atoms with Crippen LogP contribution in [0.15, 0.2) is 24.3 Å². The van der Waals surface area contributed by atoms with Gasteiger partial charge in [-0.25, -0.2) is 0 Å². The van der Waals surface area contributed by atoms with E-state index >= 15 is 0 Å². The number of hydrogen-bond donors (Lipinski definition) is 2. The van der Waals surface area contributed by atoms with E-state index in [-0.39, 0.29) is 18.2 Å². The van der Waals surface area contributed by atoms with Crippen molar-refractivity contribution in [2.45, 2.75) is 58.5 Å². The quantitative estimate of drug-likeness (QED) is 0.686. The lowest BCUT2D eigenvalue weighted by Crippen LogP contribution is -2.41. The molecule has 21 heavy (non-hydrogen) atoms. The zero-order valence-corrected chi connectivity index (χ0v) is 13.1. The van der Waals surface area contributed by atoms with Gasteiger partial charge >= 0.3 is 5.97 Å². The summed E-state index contributed by atoms with van der Waals surface area (Å²) in [4.78, 5) is 23.2. The van der Waals surface area contributed by atoms with E-state index in [0.717, 1.165) is 12.8 Å². The van der Waals surface area contributed by atoms with Crippen molar-refractivity contribution in [2.24, 2.45) is 0 Å². The summed E-state index contributed by atoms with van der Waals surface area (Å²) < 4.78 is 0. The van der Waals surface area contributed by atoms with Crippen molar-refractivity contribution in [1.82, 2.24) is 5.32 Å². The molecule has 1 rings (SSSR count). The Labute approximate surface area is 126 Å². The lowest BCUT2D eigenvalue weighted by molar-refractivity contribution is -0.137. The van der Waals surface area contributed by atoms with Gasteiger partial charge in [-0.2, -0.15) is 0 Å². The maximum Gasteiger partial charge on any atom is 0.303 e. The molecule has 0 aliphatic heterocycles. The number of aliphatic carboxylic acids is 1. The fraction of sp³-hybridized carbons (Fsp3) is 0.529. The zero-order chi connectivity index (χ0) is 15.8. The molecule has 4 nitrogen and oxygen atoms in total. The molecule has 0 fully saturated rings. The number of benzene rings is 1. The summed E-state index contributed by atoms with van der Waals surface area (Å²) in [5, 5.41) is 12.0. The molecule has 0 heterocycles. The van der Waals surface area contributed by atoms with E-state index in [1.807, 2.05) is 38.1 Å². The number of nitrogens with one attached hydrogen (secondary N) is 1. The van der Waals surface area contributed by atoms with Crippen molar-refractivity contribution in [2.75, 3.05) is 0 Å². The normalized spacial score (nSPS) is 12.4. The van der Waals surface area contributed by atoms with Crippen molar-refractivity contribution < 1.29 is 14.7 Å². The molecule has 0 spiro atoms. The van der Waals surface area contributed by atoms with E-state index in [9.17, 15) is 9.59 Å². The predicted octanol–water partition coefficient (Wildman–Crippen LogP) is 3.05. The molecule has 0 saturated heterocycles. The first-order valence-corrected chi connectivity index (χ1v) is 7.55. The van der Waals surface area contributed by atoms with Gasteiger partial charge in [0, 0.05) is 18.0 Å². The molecular formula is C17H25NO3. The fourth-order valence-electron chi connectivity index (χ4n) is 2.29. The van der Waals surface area contributed by atoms with Crippen LogP contribution in [0.25, 0.3) is 0 Å². The van der Waals surface area contributed by atoms with E-state index in [1.54, 1.807) is 0 Å². The summed E-state index contributed by atoms with van der Waals surface area (Å²) >= 11 is 0. The molecule has 1 unspecified atom stereocenters. The first kappa shape index (κ1) is 17.4. The molecule has 1 atom stereocenters. The van der Waals surface area contributed by atoms with Gasteiger partial charge in [-0.15, -0.1) is 0 Å². The highest BCUT2D eigenvalue weighted by Crippen LogP contribution is 2.12. The highest BCUT2D eigenvalue weighted by Gasteiger charge is 2.21. The molecular weight excluding hydrogens is 266 g/mol. The molecule has 0 aromatic heterocycles. The molecule has 0 radical (unpaired) electrons. The van der Waals surface area contributed by atoms with E-state index in [2.05, 4.69) is 12.2 Å². The summed E-state index contributed by atoms with van der Waals surface area (Å²) in [7, 11) is 0. The molecule has 4 heteroatoms. The van der Waals surface area contributed by atoms with Crippen LogP contribution < -0.4 is 5.32 Å². The Bertz CT molecular complexity index is 465. The van der Waals surface area contributed by atoms with Gasteiger partial charge in [-0.05, 0) is 18.4 Å². The third kappa shape index (κ3) is 6.08.